The van der Waals surface area contributed by atoms with Gasteiger partial charge < -0.3 is 15.4 Å². The Morgan fingerprint density at radius 1 is 1.28 bits per heavy atom. The molecule has 0 saturated carbocycles. The fourth-order valence-corrected chi connectivity index (χ4v) is 3.14. The molecule has 0 atom stereocenters. The lowest BCUT2D eigenvalue weighted by molar-refractivity contribution is -0.131. The summed E-state index contributed by atoms with van der Waals surface area (Å²) in [6.07, 6.45) is 2.08. The maximum Gasteiger partial charge on any atom is 0.269 e. The molecule has 1 aliphatic heterocycles. The Kier molecular flexibility index (Phi) is 5.02. The SMILES string of the molecule is COc1ccc(CC(=O)N2CCC(c3cc(C(N)=O)n[nH]3)CC2)cc1. The average Bonchev–Trinajstić information content (AvgIpc) is 3.13. The van der Waals surface area contributed by atoms with E-state index in [1.165, 1.54) is 0 Å². The fraction of sp³-hybridized carbons (Fsp3) is 0.389. The van der Waals surface area contributed by atoms with Crippen LogP contribution in [0, 0.1) is 0 Å². The summed E-state index contributed by atoms with van der Waals surface area (Å²) in [5.41, 5.74) is 7.38. The molecule has 3 rings (SSSR count). The van der Waals surface area contributed by atoms with E-state index in [1.807, 2.05) is 29.2 Å². The summed E-state index contributed by atoms with van der Waals surface area (Å²) in [6.45, 7) is 1.40. The van der Waals surface area contributed by atoms with Crippen LogP contribution in [0.1, 0.15) is 40.5 Å². The first-order valence-electron chi connectivity index (χ1n) is 8.32. The number of piperidine rings is 1. The number of aromatic amines is 1. The number of carbonyl (C=O) groups excluding carboxylic acids is 2. The number of H-pyrrole nitrogens is 1. The molecule has 1 aromatic heterocycles. The fourth-order valence-electron chi connectivity index (χ4n) is 3.14. The highest BCUT2D eigenvalue weighted by Gasteiger charge is 2.25. The Balaban J connectivity index is 1.53. The van der Waals surface area contributed by atoms with E-state index in [0.717, 1.165) is 29.8 Å². The first-order chi connectivity index (χ1) is 12.1. The standard InChI is InChI=1S/C18H22N4O3/c1-25-14-4-2-12(3-5-14)10-17(23)22-8-6-13(7-9-22)15-11-16(18(19)24)21-20-15/h2-5,11,13H,6-10H2,1H3,(H2,19,24)(H,20,21). The zero-order chi connectivity index (χ0) is 17.8. The molecular weight excluding hydrogens is 320 g/mol. The van der Waals surface area contributed by atoms with Gasteiger partial charge in [-0.2, -0.15) is 5.10 Å². The number of amides is 2. The normalized spacial score (nSPS) is 15.2. The molecule has 2 heterocycles. The number of nitrogens with one attached hydrogen (secondary N) is 1. The maximum atomic E-state index is 12.5. The molecule has 25 heavy (non-hydrogen) atoms. The van der Waals surface area contributed by atoms with Gasteiger partial charge in [-0.3, -0.25) is 14.7 Å². The van der Waals surface area contributed by atoms with Gasteiger partial charge in [-0.15, -0.1) is 0 Å². The van der Waals surface area contributed by atoms with Crippen molar-refractivity contribution in [3.63, 3.8) is 0 Å². The third-order valence-corrected chi connectivity index (χ3v) is 4.65. The van der Waals surface area contributed by atoms with Crippen LogP contribution in [0.15, 0.2) is 30.3 Å². The summed E-state index contributed by atoms with van der Waals surface area (Å²) in [5, 5.41) is 6.81. The van der Waals surface area contributed by atoms with Crippen molar-refractivity contribution in [1.29, 1.82) is 0 Å². The van der Waals surface area contributed by atoms with Gasteiger partial charge in [0.2, 0.25) is 5.91 Å². The van der Waals surface area contributed by atoms with Crippen molar-refractivity contribution in [2.45, 2.75) is 25.2 Å². The first-order valence-corrected chi connectivity index (χ1v) is 8.32. The second kappa shape index (κ2) is 7.38. The summed E-state index contributed by atoms with van der Waals surface area (Å²) in [6, 6.07) is 9.27. The molecule has 1 aliphatic rings. The molecule has 2 amide bonds. The number of carbonyl (C=O) groups is 2. The predicted molar refractivity (Wildman–Crippen MR) is 92.4 cm³/mol. The Labute approximate surface area is 146 Å². The smallest absolute Gasteiger partial charge is 0.269 e. The lowest BCUT2D eigenvalue weighted by atomic mass is 9.93. The second-order valence-electron chi connectivity index (χ2n) is 6.25. The summed E-state index contributed by atoms with van der Waals surface area (Å²) < 4.78 is 5.13. The van der Waals surface area contributed by atoms with Crippen molar-refractivity contribution in [1.82, 2.24) is 15.1 Å². The molecule has 1 saturated heterocycles. The zero-order valence-corrected chi connectivity index (χ0v) is 14.2. The number of hydrogen-bond acceptors (Lipinski definition) is 4. The number of nitrogens with zero attached hydrogens (tertiary/aromatic N) is 2. The van der Waals surface area contributed by atoms with Crippen LogP contribution in [-0.2, 0) is 11.2 Å². The Morgan fingerprint density at radius 2 is 1.96 bits per heavy atom. The van der Waals surface area contributed by atoms with E-state index in [0.29, 0.717) is 19.5 Å². The molecule has 3 N–H and O–H groups in total. The van der Waals surface area contributed by atoms with Gasteiger partial charge in [0.25, 0.3) is 5.91 Å². The maximum absolute atomic E-state index is 12.5. The third kappa shape index (κ3) is 3.99. The van der Waals surface area contributed by atoms with Gasteiger partial charge in [-0.25, -0.2) is 0 Å². The number of nitrogens with two attached hydrogens (primary N) is 1. The van der Waals surface area contributed by atoms with E-state index in [9.17, 15) is 9.59 Å². The van der Waals surface area contributed by atoms with Crippen molar-refractivity contribution in [2.24, 2.45) is 5.73 Å². The average molecular weight is 342 g/mol. The van der Waals surface area contributed by atoms with Crippen LogP contribution in [-0.4, -0.2) is 47.1 Å². The van der Waals surface area contributed by atoms with E-state index >= 15 is 0 Å². The summed E-state index contributed by atoms with van der Waals surface area (Å²) in [7, 11) is 1.62. The minimum absolute atomic E-state index is 0.131. The van der Waals surface area contributed by atoms with E-state index in [-0.39, 0.29) is 17.5 Å². The van der Waals surface area contributed by atoms with Gasteiger partial charge in [0.15, 0.2) is 0 Å². The number of hydrogen-bond donors (Lipinski definition) is 2. The summed E-state index contributed by atoms with van der Waals surface area (Å²) in [4.78, 5) is 25.5. The molecule has 7 nitrogen and oxygen atoms in total. The van der Waals surface area contributed by atoms with Gasteiger partial charge in [0.1, 0.15) is 11.4 Å². The second-order valence-corrected chi connectivity index (χ2v) is 6.25. The highest BCUT2D eigenvalue weighted by atomic mass is 16.5. The predicted octanol–water partition coefficient (Wildman–Crippen LogP) is 1.47. The van der Waals surface area contributed by atoms with E-state index in [4.69, 9.17) is 10.5 Å². The Hall–Kier alpha value is -2.83. The monoisotopic (exact) mass is 342 g/mol. The highest BCUT2D eigenvalue weighted by Crippen LogP contribution is 2.27. The van der Waals surface area contributed by atoms with Crippen molar-refractivity contribution >= 4 is 11.8 Å². The molecule has 1 aromatic carbocycles. The van der Waals surface area contributed by atoms with Crippen LogP contribution in [0.4, 0.5) is 0 Å². The number of aromatic nitrogens is 2. The lowest BCUT2D eigenvalue weighted by Gasteiger charge is -2.31. The van der Waals surface area contributed by atoms with Gasteiger partial charge >= 0.3 is 0 Å². The van der Waals surface area contributed by atoms with Crippen molar-refractivity contribution < 1.29 is 14.3 Å². The quantitative estimate of drug-likeness (QED) is 0.859. The van der Waals surface area contributed by atoms with Crippen LogP contribution in [0.25, 0.3) is 0 Å². The molecule has 0 aliphatic carbocycles. The molecule has 2 aromatic rings. The number of rotatable bonds is 5. The molecule has 0 unspecified atom stereocenters. The number of benzene rings is 1. The van der Waals surface area contributed by atoms with Crippen molar-refractivity contribution in [3.8, 4) is 5.75 Å². The van der Waals surface area contributed by atoms with Crippen LogP contribution in [0.5, 0.6) is 5.75 Å². The molecule has 7 heteroatoms. The zero-order valence-electron chi connectivity index (χ0n) is 14.2. The van der Waals surface area contributed by atoms with E-state index in [1.54, 1.807) is 13.2 Å². The molecular formula is C18H22N4O3. The molecule has 1 fully saturated rings. The minimum atomic E-state index is -0.533. The van der Waals surface area contributed by atoms with Crippen LogP contribution >= 0.6 is 0 Å². The van der Waals surface area contributed by atoms with Crippen molar-refractivity contribution in [2.75, 3.05) is 20.2 Å². The number of methoxy groups -OCH3 is 1. The molecule has 132 valence electrons. The lowest BCUT2D eigenvalue weighted by Crippen LogP contribution is -2.38. The van der Waals surface area contributed by atoms with Crippen LogP contribution in [0.2, 0.25) is 0 Å². The number of likely N-dealkylation sites (tertiary alicyclic amines) is 1. The summed E-state index contributed by atoms with van der Waals surface area (Å²) >= 11 is 0. The van der Waals surface area contributed by atoms with E-state index < -0.39 is 5.91 Å². The minimum Gasteiger partial charge on any atom is -0.497 e. The molecule has 0 spiro atoms. The topological polar surface area (TPSA) is 101 Å². The van der Waals surface area contributed by atoms with E-state index in [2.05, 4.69) is 10.2 Å². The number of primary amides is 1. The van der Waals surface area contributed by atoms with Gasteiger partial charge in [0.05, 0.1) is 13.5 Å². The van der Waals surface area contributed by atoms with Gasteiger partial charge in [-0.05, 0) is 36.6 Å². The Morgan fingerprint density at radius 3 is 2.52 bits per heavy atom. The van der Waals surface area contributed by atoms with Gasteiger partial charge in [0, 0.05) is 24.7 Å². The molecule has 0 bridgehead atoms. The molecule has 0 radical (unpaired) electrons. The number of ether oxygens (including phenoxy) is 1. The third-order valence-electron chi connectivity index (χ3n) is 4.65. The highest BCUT2D eigenvalue weighted by molar-refractivity contribution is 5.90. The van der Waals surface area contributed by atoms with Crippen LogP contribution in [0.3, 0.4) is 0 Å². The summed E-state index contributed by atoms with van der Waals surface area (Å²) in [5.74, 6) is 0.651. The Bertz CT molecular complexity index is 746. The van der Waals surface area contributed by atoms with Crippen molar-refractivity contribution in [3.05, 3.63) is 47.3 Å². The largest absolute Gasteiger partial charge is 0.497 e. The first kappa shape index (κ1) is 17.0. The van der Waals surface area contributed by atoms with Crippen LogP contribution < -0.4 is 10.5 Å². The van der Waals surface area contributed by atoms with Gasteiger partial charge in [-0.1, -0.05) is 12.1 Å².